The van der Waals surface area contributed by atoms with Gasteiger partial charge >= 0.3 is 0 Å². The summed E-state index contributed by atoms with van der Waals surface area (Å²) in [7, 11) is 6.44. The van der Waals surface area contributed by atoms with Gasteiger partial charge in [0.2, 0.25) is 0 Å². The first-order valence-corrected chi connectivity index (χ1v) is 7.93. The Kier molecular flexibility index (Phi) is 6.03. The first-order valence-electron chi connectivity index (χ1n) is 7.93. The van der Waals surface area contributed by atoms with Crippen molar-refractivity contribution >= 4 is 0 Å². The molecule has 2 unspecified atom stereocenters. The van der Waals surface area contributed by atoms with E-state index in [0.717, 1.165) is 38.4 Å². The van der Waals surface area contributed by atoms with Gasteiger partial charge in [-0.2, -0.15) is 0 Å². The van der Waals surface area contributed by atoms with E-state index in [1.807, 2.05) is 6.07 Å². The average molecular weight is 291 g/mol. The number of ether oxygens (including phenoxy) is 1. The van der Waals surface area contributed by atoms with E-state index < -0.39 is 0 Å². The molecular formula is C17H29N3O. The van der Waals surface area contributed by atoms with E-state index in [4.69, 9.17) is 4.74 Å². The van der Waals surface area contributed by atoms with Gasteiger partial charge in [0.1, 0.15) is 12.4 Å². The summed E-state index contributed by atoms with van der Waals surface area (Å²) in [5, 5.41) is 3.71. The zero-order valence-corrected chi connectivity index (χ0v) is 13.8. The number of fused-ring (bicyclic) bond motifs is 1. The topological polar surface area (TPSA) is 27.7 Å². The summed E-state index contributed by atoms with van der Waals surface area (Å²) in [6.45, 7) is 6.12. The molecule has 1 N–H and O–H groups in total. The number of rotatable bonds is 7. The summed E-state index contributed by atoms with van der Waals surface area (Å²) in [5.74, 6) is 1.03. The molecule has 0 amide bonds. The van der Waals surface area contributed by atoms with Gasteiger partial charge in [-0.25, -0.2) is 0 Å². The van der Waals surface area contributed by atoms with E-state index in [2.05, 4.69) is 61.4 Å². The fraction of sp³-hybridized carbons (Fsp3) is 0.647. The zero-order chi connectivity index (χ0) is 15.2. The molecule has 1 heterocycles. The van der Waals surface area contributed by atoms with Crippen molar-refractivity contribution in [2.24, 2.45) is 0 Å². The molecule has 1 aliphatic rings. The van der Waals surface area contributed by atoms with E-state index in [0.29, 0.717) is 12.1 Å². The maximum absolute atomic E-state index is 5.98. The van der Waals surface area contributed by atoms with Gasteiger partial charge in [0.15, 0.2) is 0 Å². The summed E-state index contributed by atoms with van der Waals surface area (Å²) in [4.78, 5) is 4.64. The van der Waals surface area contributed by atoms with Crippen LogP contribution < -0.4 is 10.1 Å². The minimum atomic E-state index is 0.349. The fourth-order valence-corrected chi connectivity index (χ4v) is 2.80. The lowest BCUT2D eigenvalue weighted by atomic mass is 9.95. The summed E-state index contributed by atoms with van der Waals surface area (Å²) < 4.78 is 5.98. The normalized spacial score (nSPS) is 21.4. The first kappa shape index (κ1) is 16.3. The molecule has 0 aromatic heterocycles. The number of hydrogen-bond donors (Lipinski definition) is 1. The minimum Gasteiger partial charge on any atom is -0.492 e. The molecule has 4 nitrogen and oxygen atoms in total. The molecule has 1 aliphatic heterocycles. The lowest BCUT2D eigenvalue weighted by Gasteiger charge is -2.39. The van der Waals surface area contributed by atoms with Gasteiger partial charge in [-0.05, 0) is 40.2 Å². The van der Waals surface area contributed by atoms with Crippen LogP contribution in [0.2, 0.25) is 0 Å². The van der Waals surface area contributed by atoms with E-state index >= 15 is 0 Å². The molecule has 0 radical (unpaired) electrons. The van der Waals surface area contributed by atoms with Crippen LogP contribution in [-0.2, 0) is 0 Å². The Balaban J connectivity index is 2.12. The summed E-state index contributed by atoms with van der Waals surface area (Å²) in [6.07, 6.45) is 1.15. The van der Waals surface area contributed by atoms with Gasteiger partial charge in [0.05, 0.1) is 12.1 Å². The molecule has 0 fully saturated rings. The molecule has 0 spiro atoms. The molecule has 4 heteroatoms. The molecule has 1 aromatic carbocycles. The van der Waals surface area contributed by atoms with Gasteiger partial charge in [0, 0.05) is 18.7 Å². The highest BCUT2D eigenvalue weighted by molar-refractivity contribution is 5.38. The SMILES string of the molecule is CCCNC1c2ccccc2OCC1N(C)CCN(C)C. The summed E-state index contributed by atoms with van der Waals surface area (Å²) >= 11 is 0. The van der Waals surface area contributed by atoms with E-state index in [1.165, 1.54) is 5.56 Å². The maximum atomic E-state index is 5.98. The second-order valence-corrected chi connectivity index (χ2v) is 6.13. The summed E-state index contributed by atoms with van der Waals surface area (Å²) in [6, 6.07) is 9.14. The number of benzene rings is 1. The number of hydrogen-bond acceptors (Lipinski definition) is 4. The Hall–Kier alpha value is -1.10. The van der Waals surface area contributed by atoms with Crippen LogP contribution in [0.25, 0.3) is 0 Å². The monoisotopic (exact) mass is 291 g/mol. The number of nitrogens with one attached hydrogen (secondary N) is 1. The lowest BCUT2D eigenvalue weighted by molar-refractivity contribution is 0.100. The van der Waals surface area contributed by atoms with Crippen molar-refractivity contribution in [1.29, 1.82) is 0 Å². The van der Waals surface area contributed by atoms with Gasteiger partial charge in [-0.3, -0.25) is 4.90 Å². The van der Waals surface area contributed by atoms with Crippen LogP contribution in [0.15, 0.2) is 24.3 Å². The molecule has 0 saturated carbocycles. The number of nitrogens with zero attached hydrogens (tertiary/aromatic N) is 2. The van der Waals surface area contributed by atoms with E-state index in [-0.39, 0.29) is 0 Å². The highest BCUT2D eigenvalue weighted by Crippen LogP contribution is 2.33. The second-order valence-electron chi connectivity index (χ2n) is 6.13. The van der Waals surface area contributed by atoms with Crippen LogP contribution in [0.5, 0.6) is 5.75 Å². The molecule has 118 valence electrons. The van der Waals surface area contributed by atoms with Crippen molar-refractivity contribution in [1.82, 2.24) is 15.1 Å². The summed E-state index contributed by atoms with van der Waals surface area (Å²) in [5.41, 5.74) is 1.29. The van der Waals surface area contributed by atoms with Crippen molar-refractivity contribution < 1.29 is 4.74 Å². The number of likely N-dealkylation sites (N-methyl/N-ethyl adjacent to an activating group) is 2. The quantitative estimate of drug-likeness (QED) is 0.831. The lowest BCUT2D eigenvalue weighted by Crippen LogP contribution is -2.50. The van der Waals surface area contributed by atoms with Gasteiger partial charge in [-0.1, -0.05) is 25.1 Å². The van der Waals surface area contributed by atoms with Crippen LogP contribution >= 0.6 is 0 Å². The minimum absolute atomic E-state index is 0.349. The molecule has 0 saturated heterocycles. The van der Waals surface area contributed by atoms with Crippen molar-refractivity contribution in [2.75, 3.05) is 47.4 Å². The molecule has 2 atom stereocenters. The molecule has 0 aliphatic carbocycles. The predicted molar refractivity (Wildman–Crippen MR) is 87.9 cm³/mol. The Bertz CT molecular complexity index is 436. The van der Waals surface area contributed by atoms with Crippen LogP contribution in [0, 0.1) is 0 Å². The number of para-hydroxylation sites is 1. The first-order chi connectivity index (χ1) is 10.1. The molecular weight excluding hydrogens is 262 g/mol. The standard InChI is InChI=1S/C17H29N3O/c1-5-10-18-17-14-8-6-7-9-16(14)21-13-15(17)20(4)12-11-19(2)3/h6-9,15,17-18H,5,10-13H2,1-4H3. The Morgan fingerprint density at radius 3 is 2.67 bits per heavy atom. The molecule has 1 aromatic rings. The van der Waals surface area contributed by atoms with Gasteiger partial charge in [0.25, 0.3) is 0 Å². The second kappa shape index (κ2) is 7.78. The van der Waals surface area contributed by atoms with Crippen LogP contribution in [-0.4, -0.2) is 63.2 Å². The van der Waals surface area contributed by atoms with Crippen molar-refractivity contribution in [3.05, 3.63) is 29.8 Å². The van der Waals surface area contributed by atoms with E-state index in [1.54, 1.807) is 0 Å². The predicted octanol–water partition coefficient (Wildman–Crippen LogP) is 1.98. The highest BCUT2D eigenvalue weighted by Gasteiger charge is 2.32. The average Bonchev–Trinajstić information content (AvgIpc) is 2.50. The van der Waals surface area contributed by atoms with Gasteiger partial charge < -0.3 is 15.0 Å². The molecule has 2 rings (SSSR count). The largest absolute Gasteiger partial charge is 0.492 e. The Morgan fingerprint density at radius 1 is 1.19 bits per heavy atom. The van der Waals surface area contributed by atoms with Crippen molar-refractivity contribution in [2.45, 2.75) is 25.4 Å². The van der Waals surface area contributed by atoms with Crippen LogP contribution in [0.3, 0.4) is 0 Å². The van der Waals surface area contributed by atoms with Gasteiger partial charge in [-0.15, -0.1) is 0 Å². The third-order valence-electron chi connectivity index (χ3n) is 4.13. The highest BCUT2D eigenvalue weighted by atomic mass is 16.5. The van der Waals surface area contributed by atoms with Crippen LogP contribution in [0.4, 0.5) is 0 Å². The third kappa shape index (κ3) is 4.19. The molecule has 0 bridgehead atoms. The Labute approximate surface area is 129 Å². The zero-order valence-electron chi connectivity index (χ0n) is 13.8. The Morgan fingerprint density at radius 2 is 1.95 bits per heavy atom. The third-order valence-corrected chi connectivity index (χ3v) is 4.13. The van der Waals surface area contributed by atoms with Crippen molar-refractivity contribution in [3.63, 3.8) is 0 Å². The van der Waals surface area contributed by atoms with Crippen molar-refractivity contribution in [3.8, 4) is 5.75 Å². The van der Waals surface area contributed by atoms with Crippen LogP contribution in [0.1, 0.15) is 24.9 Å². The molecule has 21 heavy (non-hydrogen) atoms. The van der Waals surface area contributed by atoms with E-state index in [9.17, 15) is 0 Å². The maximum Gasteiger partial charge on any atom is 0.124 e. The smallest absolute Gasteiger partial charge is 0.124 e. The fourth-order valence-electron chi connectivity index (χ4n) is 2.80.